The van der Waals surface area contributed by atoms with E-state index in [1.54, 1.807) is 25.8 Å². The maximum Gasteiger partial charge on any atom is 0.228 e. The summed E-state index contributed by atoms with van der Waals surface area (Å²) in [5.41, 5.74) is -0.830. The average molecular weight is 227 g/mol. The molecule has 2 heterocycles. The van der Waals surface area contributed by atoms with Gasteiger partial charge >= 0.3 is 0 Å². The Morgan fingerprint density at radius 1 is 1.50 bits per heavy atom. The number of likely N-dealkylation sites (N-methyl/N-ethyl adjacent to an activating group) is 1. The fourth-order valence-corrected chi connectivity index (χ4v) is 2.84. The molecule has 2 rings (SSSR count). The average Bonchev–Trinajstić information content (AvgIpc) is 2.74. The summed E-state index contributed by atoms with van der Waals surface area (Å²) >= 11 is 0. The molecular weight excluding hydrogens is 206 g/mol. The molecule has 16 heavy (non-hydrogen) atoms. The number of fused-ring (bicyclic) bond motifs is 2. The number of aliphatic hydroxyl groups is 1. The fraction of sp³-hybridized carbons (Fsp3) is 0.917. The third-order valence-corrected chi connectivity index (χ3v) is 3.42. The molecule has 2 saturated heterocycles. The van der Waals surface area contributed by atoms with Gasteiger partial charge in [-0.3, -0.25) is 4.79 Å². The molecule has 0 aromatic rings. The van der Waals surface area contributed by atoms with Crippen molar-refractivity contribution in [2.75, 3.05) is 13.6 Å². The van der Waals surface area contributed by atoms with Crippen LogP contribution in [0.1, 0.15) is 33.1 Å². The van der Waals surface area contributed by atoms with E-state index in [9.17, 15) is 9.90 Å². The number of hydrogen-bond donors (Lipinski definition) is 1. The van der Waals surface area contributed by atoms with Crippen molar-refractivity contribution in [2.24, 2.45) is 5.92 Å². The smallest absolute Gasteiger partial charge is 0.228 e. The maximum absolute atomic E-state index is 12.1. The van der Waals surface area contributed by atoms with Gasteiger partial charge in [0.1, 0.15) is 0 Å². The lowest BCUT2D eigenvalue weighted by Crippen LogP contribution is -2.44. The Morgan fingerprint density at radius 3 is 2.62 bits per heavy atom. The Bertz CT molecular complexity index is 284. The van der Waals surface area contributed by atoms with Crippen LogP contribution in [0, 0.1) is 5.92 Å². The molecule has 4 heteroatoms. The van der Waals surface area contributed by atoms with E-state index >= 15 is 0 Å². The second-order valence-electron chi connectivity index (χ2n) is 5.72. The molecule has 4 nitrogen and oxygen atoms in total. The largest absolute Gasteiger partial charge is 0.389 e. The summed E-state index contributed by atoms with van der Waals surface area (Å²) in [6.07, 6.45) is 3.40. The van der Waals surface area contributed by atoms with Crippen LogP contribution in [-0.2, 0) is 9.53 Å². The van der Waals surface area contributed by atoms with Gasteiger partial charge in [0, 0.05) is 13.6 Å². The summed E-state index contributed by atoms with van der Waals surface area (Å²) in [5.74, 6) is 0.139. The second-order valence-corrected chi connectivity index (χ2v) is 5.72. The van der Waals surface area contributed by atoms with Gasteiger partial charge in [-0.1, -0.05) is 0 Å². The highest BCUT2D eigenvalue weighted by molar-refractivity contribution is 5.79. The molecule has 1 amide bonds. The summed E-state index contributed by atoms with van der Waals surface area (Å²) in [4.78, 5) is 13.8. The van der Waals surface area contributed by atoms with Crippen LogP contribution in [0.2, 0.25) is 0 Å². The van der Waals surface area contributed by atoms with Crippen molar-refractivity contribution >= 4 is 5.91 Å². The van der Waals surface area contributed by atoms with E-state index in [4.69, 9.17) is 4.74 Å². The highest BCUT2D eigenvalue weighted by Gasteiger charge is 2.45. The summed E-state index contributed by atoms with van der Waals surface area (Å²) in [6.45, 7) is 3.81. The molecule has 3 atom stereocenters. The molecule has 0 saturated carbocycles. The summed E-state index contributed by atoms with van der Waals surface area (Å²) in [6, 6.07) is 0. The lowest BCUT2D eigenvalue weighted by molar-refractivity contribution is -0.138. The SMILES string of the molecule is CN(CC(C)(C)O)C(=O)C1CC2CCC1O2. The zero-order chi connectivity index (χ0) is 11.9. The van der Waals surface area contributed by atoms with Gasteiger partial charge in [0.15, 0.2) is 0 Å². The van der Waals surface area contributed by atoms with E-state index in [2.05, 4.69) is 0 Å². The summed E-state index contributed by atoms with van der Waals surface area (Å²) in [7, 11) is 1.76. The molecule has 2 fully saturated rings. The quantitative estimate of drug-likeness (QED) is 0.775. The minimum atomic E-state index is -0.830. The topological polar surface area (TPSA) is 49.8 Å². The lowest BCUT2D eigenvalue weighted by Gasteiger charge is -2.29. The number of amides is 1. The van der Waals surface area contributed by atoms with Gasteiger partial charge in [-0.25, -0.2) is 0 Å². The molecule has 3 unspecified atom stereocenters. The predicted octanol–water partition coefficient (Wildman–Crippen LogP) is 0.783. The number of carbonyl (C=O) groups is 1. The Hall–Kier alpha value is -0.610. The molecule has 2 bridgehead atoms. The van der Waals surface area contributed by atoms with Gasteiger partial charge in [-0.2, -0.15) is 0 Å². The number of rotatable bonds is 3. The Kier molecular flexibility index (Phi) is 2.97. The molecule has 2 aliphatic heterocycles. The van der Waals surface area contributed by atoms with Gasteiger partial charge in [0.2, 0.25) is 5.91 Å². The van der Waals surface area contributed by atoms with E-state index in [0.29, 0.717) is 12.6 Å². The van der Waals surface area contributed by atoms with Crippen LogP contribution >= 0.6 is 0 Å². The van der Waals surface area contributed by atoms with Crippen molar-refractivity contribution < 1.29 is 14.6 Å². The highest BCUT2D eigenvalue weighted by atomic mass is 16.5. The Balaban J connectivity index is 1.92. The normalized spacial score (nSPS) is 33.1. The molecule has 92 valence electrons. The summed E-state index contributed by atoms with van der Waals surface area (Å²) in [5, 5.41) is 9.69. The van der Waals surface area contributed by atoms with Gasteiger partial charge in [-0.05, 0) is 33.1 Å². The van der Waals surface area contributed by atoms with Crippen LogP contribution in [0.4, 0.5) is 0 Å². The van der Waals surface area contributed by atoms with E-state index in [0.717, 1.165) is 19.3 Å². The van der Waals surface area contributed by atoms with Crippen molar-refractivity contribution in [1.29, 1.82) is 0 Å². The highest BCUT2D eigenvalue weighted by Crippen LogP contribution is 2.39. The lowest BCUT2D eigenvalue weighted by atomic mass is 9.88. The minimum Gasteiger partial charge on any atom is -0.389 e. The fourth-order valence-electron chi connectivity index (χ4n) is 2.84. The predicted molar refractivity (Wildman–Crippen MR) is 59.9 cm³/mol. The van der Waals surface area contributed by atoms with Crippen LogP contribution in [-0.4, -0.2) is 47.3 Å². The number of ether oxygens (including phenoxy) is 1. The van der Waals surface area contributed by atoms with Crippen LogP contribution in [0.3, 0.4) is 0 Å². The second kappa shape index (κ2) is 4.00. The maximum atomic E-state index is 12.1. The van der Waals surface area contributed by atoms with Crippen molar-refractivity contribution in [2.45, 2.75) is 50.9 Å². The van der Waals surface area contributed by atoms with Crippen LogP contribution in [0.5, 0.6) is 0 Å². The minimum absolute atomic E-state index is 0.0195. The summed E-state index contributed by atoms with van der Waals surface area (Å²) < 4.78 is 5.68. The zero-order valence-electron chi connectivity index (χ0n) is 10.3. The number of hydrogen-bond acceptors (Lipinski definition) is 3. The van der Waals surface area contributed by atoms with Gasteiger partial charge < -0.3 is 14.7 Å². The van der Waals surface area contributed by atoms with Crippen LogP contribution < -0.4 is 0 Å². The first-order chi connectivity index (χ1) is 7.37. The zero-order valence-corrected chi connectivity index (χ0v) is 10.3. The molecule has 2 aliphatic rings. The molecule has 0 aromatic heterocycles. The van der Waals surface area contributed by atoms with E-state index in [1.807, 2.05) is 0 Å². The van der Waals surface area contributed by atoms with Crippen molar-refractivity contribution in [1.82, 2.24) is 4.90 Å². The first-order valence-electron chi connectivity index (χ1n) is 5.99. The first kappa shape index (κ1) is 11.9. The third kappa shape index (κ3) is 2.38. The van der Waals surface area contributed by atoms with Crippen molar-refractivity contribution in [3.05, 3.63) is 0 Å². The van der Waals surface area contributed by atoms with Crippen LogP contribution in [0.15, 0.2) is 0 Å². The van der Waals surface area contributed by atoms with E-state index in [1.165, 1.54) is 0 Å². The third-order valence-electron chi connectivity index (χ3n) is 3.42. The first-order valence-corrected chi connectivity index (χ1v) is 5.99. The molecule has 0 spiro atoms. The molecule has 1 N–H and O–H groups in total. The Morgan fingerprint density at radius 2 is 2.19 bits per heavy atom. The van der Waals surface area contributed by atoms with Crippen molar-refractivity contribution in [3.63, 3.8) is 0 Å². The molecular formula is C12H21NO3. The van der Waals surface area contributed by atoms with Gasteiger partial charge in [-0.15, -0.1) is 0 Å². The number of nitrogens with zero attached hydrogens (tertiary/aromatic N) is 1. The number of carbonyl (C=O) groups excluding carboxylic acids is 1. The van der Waals surface area contributed by atoms with Crippen molar-refractivity contribution in [3.8, 4) is 0 Å². The standard InChI is InChI=1S/C12H21NO3/c1-12(2,15)7-13(3)11(14)9-6-8-4-5-10(9)16-8/h8-10,15H,4-7H2,1-3H3. The van der Waals surface area contributed by atoms with E-state index < -0.39 is 5.60 Å². The molecule has 0 aliphatic carbocycles. The Labute approximate surface area is 96.6 Å². The molecule has 0 radical (unpaired) electrons. The van der Waals surface area contributed by atoms with Gasteiger partial charge in [0.25, 0.3) is 0 Å². The monoisotopic (exact) mass is 227 g/mol. The van der Waals surface area contributed by atoms with Gasteiger partial charge in [0.05, 0.1) is 23.7 Å². The molecule has 0 aromatic carbocycles. The van der Waals surface area contributed by atoms with Crippen LogP contribution in [0.25, 0.3) is 0 Å². The van der Waals surface area contributed by atoms with E-state index in [-0.39, 0.29) is 17.9 Å².